The summed E-state index contributed by atoms with van der Waals surface area (Å²) in [5, 5.41) is 15.9. The monoisotopic (exact) mass is 308 g/mol. The second-order valence-corrected chi connectivity index (χ2v) is 6.40. The summed E-state index contributed by atoms with van der Waals surface area (Å²) in [6, 6.07) is 2.09. The summed E-state index contributed by atoms with van der Waals surface area (Å²) in [6.07, 6.45) is 3.01. The minimum atomic E-state index is -0.203. The Morgan fingerprint density at radius 1 is 1.43 bits per heavy atom. The van der Waals surface area contributed by atoms with E-state index in [2.05, 4.69) is 30.6 Å². The minimum Gasteiger partial charge on any atom is -0.396 e. The number of amides is 1. The zero-order valence-electron chi connectivity index (χ0n) is 13.0. The molecule has 1 rings (SSSR count). The Labute approximate surface area is 130 Å². The molecule has 21 heavy (non-hydrogen) atoms. The van der Waals surface area contributed by atoms with Gasteiger partial charge in [0.05, 0.1) is 5.69 Å². The average molecular weight is 308 g/mol. The highest BCUT2D eigenvalue weighted by molar-refractivity contribution is 7.18. The number of nitrogens with zero attached hydrogens (tertiary/aromatic N) is 1. The van der Waals surface area contributed by atoms with Crippen LogP contribution < -0.4 is 16.4 Å². The average Bonchev–Trinajstić information content (AvgIpc) is 2.77. The third kappa shape index (κ3) is 4.94. The van der Waals surface area contributed by atoms with Crippen LogP contribution in [0.5, 0.6) is 0 Å². The van der Waals surface area contributed by atoms with Gasteiger partial charge in [-0.05, 0) is 25.2 Å². The lowest BCUT2D eigenvalue weighted by Crippen LogP contribution is -2.23. The molecular formula is C15H24N4OS. The van der Waals surface area contributed by atoms with Crippen LogP contribution in [0, 0.1) is 17.2 Å². The largest absolute Gasteiger partial charge is 0.396 e. The first-order valence-corrected chi connectivity index (χ1v) is 8.17. The van der Waals surface area contributed by atoms with Gasteiger partial charge in [-0.3, -0.25) is 4.79 Å². The number of rotatable bonds is 8. The van der Waals surface area contributed by atoms with Crippen molar-refractivity contribution in [1.29, 1.82) is 5.26 Å². The second-order valence-electron chi connectivity index (χ2n) is 5.38. The van der Waals surface area contributed by atoms with Crippen molar-refractivity contribution >= 4 is 27.9 Å². The number of carbonyl (C=O) groups is 1. The van der Waals surface area contributed by atoms with Crippen molar-refractivity contribution < 1.29 is 4.79 Å². The SMILES string of the molecule is CCCNC(=O)c1sc(NCCCC(C)C)c(C#N)c1N. The Morgan fingerprint density at radius 3 is 2.71 bits per heavy atom. The maximum atomic E-state index is 12.0. The van der Waals surface area contributed by atoms with Gasteiger partial charge in [-0.15, -0.1) is 11.3 Å². The van der Waals surface area contributed by atoms with E-state index in [0.717, 1.165) is 25.8 Å². The lowest BCUT2D eigenvalue weighted by atomic mass is 10.1. The van der Waals surface area contributed by atoms with Crippen molar-refractivity contribution in [2.45, 2.75) is 40.0 Å². The fourth-order valence-corrected chi connectivity index (χ4v) is 2.89. The molecule has 0 saturated carbocycles. The molecule has 1 aromatic rings. The highest BCUT2D eigenvalue weighted by Crippen LogP contribution is 2.35. The van der Waals surface area contributed by atoms with Crippen LogP contribution >= 0.6 is 11.3 Å². The van der Waals surface area contributed by atoms with Crippen LogP contribution in [0.1, 0.15) is 55.3 Å². The predicted octanol–water partition coefficient (Wildman–Crippen LogP) is 3.19. The topological polar surface area (TPSA) is 90.9 Å². The lowest BCUT2D eigenvalue weighted by molar-refractivity contribution is 0.0958. The van der Waals surface area contributed by atoms with Crippen LogP contribution in [0.4, 0.5) is 10.7 Å². The quantitative estimate of drug-likeness (QED) is 0.643. The molecule has 0 fully saturated rings. The van der Waals surface area contributed by atoms with E-state index >= 15 is 0 Å². The number of anilines is 2. The number of nitrogens with two attached hydrogens (primary N) is 1. The molecule has 0 aromatic carbocycles. The number of carbonyl (C=O) groups excluding carboxylic acids is 1. The molecule has 0 bridgehead atoms. The first-order chi connectivity index (χ1) is 10.0. The van der Waals surface area contributed by atoms with Gasteiger partial charge in [0.15, 0.2) is 0 Å². The van der Waals surface area contributed by atoms with Gasteiger partial charge in [-0.2, -0.15) is 5.26 Å². The zero-order valence-corrected chi connectivity index (χ0v) is 13.8. The summed E-state index contributed by atoms with van der Waals surface area (Å²) in [4.78, 5) is 12.4. The summed E-state index contributed by atoms with van der Waals surface area (Å²) < 4.78 is 0. The molecule has 1 amide bonds. The molecule has 1 heterocycles. The van der Waals surface area contributed by atoms with Crippen molar-refractivity contribution in [3.05, 3.63) is 10.4 Å². The molecule has 1 aromatic heterocycles. The van der Waals surface area contributed by atoms with Gasteiger partial charge < -0.3 is 16.4 Å². The fraction of sp³-hybridized carbons (Fsp3) is 0.600. The standard InChI is InChI=1S/C15H24N4OS/c1-4-7-18-14(20)13-12(17)11(9-16)15(21-13)19-8-5-6-10(2)3/h10,19H,4-8,17H2,1-3H3,(H,18,20). The van der Waals surface area contributed by atoms with E-state index in [4.69, 9.17) is 5.73 Å². The van der Waals surface area contributed by atoms with Crippen molar-refractivity contribution in [3.63, 3.8) is 0 Å². The first-order valence-electron chi connectivity index (χ1n) is 7.35. The number of hydrogen-bond acceptors (Lipinski definition) is 5. The summed E-state index contributed by atoms with van der Waals surface area (Å²) in [5.74, 6) is 0.456. The number of nitrogens with one attached hydrogen (secondary N) is 2. The first kappa shape index (κ1) is 17.3. The van der Waals surface area contributed by atoms with Gasteiger partial charge >= 0.3 is 0 Å². The molecule has 0 aliphatic rings. The summed E-state index contributed by atoms with van der Waals surface area (Å²) >= 11 is 1.26. The maximum absolute atomic E-state index is 12.0. The Balaban J connectivity index is 2.76. The number of thiophene rings is 1. The highest BCUT2D eigenvalue weighted by atomic mass is 32.1. The van der Waals surface area contributed by atoms with Gasteiger partial charge in [0.25, 0.3) is 5.91 Å². The van der Waals surface area contributed by atoms with Crippen LogP contribution in [0.3, 0.4) is 0 Å². The minimum absolute atomic E-state index is 0.203. The molecule has 0 aliphatic heterocycles. The molecule has 0 aliphatic carbocycles. The van der Waals surface area contributed by atoms with Crippen molar-refractivity contribution in [3.8, 4) is 6.07 Å². The summed E-state index contributed by atoms with van der Waals surface area (Å²) in [7, 11) is 0. The third-order valence-corrected chi connectivity index (χ3v) is 4.20. The molecule has 116 valence electrons. The Hall–Kier alpha value is -1.74. The summed E-state index contributed by atoms with van der Waals surface area (Å²) in [5.41, 5.74) is 6.59. The Kier molecular flexibility index (Phi) is 7.03. The van der Waals surface area contributed by atoms with E-state index in [1.165, 1.54) is 11.3 Å². The fourth-order valence-electron chi connectivity index (χ4n) is 1.88. The summed E-state index contributed by atoms with van der Waals surface area (Å²) in [6.45, 7) is 7.73. The maximum Gasteiger partial charge on any atom is 0.263 e. The van der Waals surface area contributed by atoms with E-state index < -0.39 is 0 Å². The number of nitriles is 1. The van der Waals surface area contributed by atoms with Crippen LogP contribution in [0.25, 0.3) is 0 Å². The van der Waals surface area contributed by atoms with Gasteiger partial charge in [-0.25, -0.2) is 0 Å². The molecule has 6 heteroatoms. The second kappa shape index (κ2) is 8.53. The zero-order chi connectivity index (χ0) is 15.8. The van der Waals surface area contributed by atoms with E-state index in [1.54, 1.807) is 0 Å². The molecule has 0 saturated heterocycles. The molecule has 5 nitrogen and oxygen atoms in total. The predicted molar refractivity (Wildman–Crippen MR) is 88.6 cm³/mol. The Bertz CT molecular complexity index is 516. The lowest BCUT2D eigenvalue weighted by Gasteiger charge is -2.06. The third-order valence-electron chi connectivity index (χ3n) is 3.04. The highest BCUT2D eigenvalue weighted by Gasteiger charge is 2.20. The number of nitrogen functional groups attached to an aromatic ring is 1. The van der Waals surface area contributed by atoms with E-state index in [-0.39, 0.29) is 11.6 Å². The van der Waals surface area contributed by atoms with Crippen molar-refractivity contribution in [2.75, 3.05) is 24.1 Å². The van der Waals surface area contributed by atoms with Crippen LogP contribution in [-0.2, 0) is 0 Å². The van der Waals surface area contributed by atoms with Crippen molar-refractivity contribution in [1.82, 2.24) is 5.32 Å². The van der Waals surface area contributed by atoms with Gasteiger partial charge in [-0.1, -0.05) is 20.8 Å². The molecular weight excluding hydrogens is 284 g/mol. The Morgan fingerprint density at radius 2 is 2.14 bits per heavy atom. The molecule has 4 N–H and O–H groups in total. The molecule has 0 spiro atoms. The van der Waals surface area contributed by atoms with E-state index in [1.807, 2.05) is 6.92 Å². The smallest absolute Gasteiger partial charge is 0.263 e. The van der Waals surface area contributed by atoms with Gasteiger partial charge in [0, 0.05) is 13.1 Å². The van der Waals surface area contributed by atoms with Crippen LogP contribution in [-0.4, -0.2) is 19.0 Å². The van der Waals surface area contributed by atoms with Gasteiger partial charge in [0.2, 0.25) is 0 Å². The molecule has 0 radical (unpaired) electrons. The van der Waals surface area contributed by atoms with E-state index in [0.29, 0.717) is 27.9 Å². The van der Waals surface area contributed by atoms with E-state index in [9.17, 15) is 10.1 Å². The normalized spacial score (nSPS) is 10.4. The van der Waals surface area contributed by atoms with Crippen molar-refractivity contribution in [2.24, 2.45) is 5.92 Å². The van der Waals surface area contributed by atoms with Gasteiger partial charge in [0.1, 0.15) is 21.5 Å². The molecule has 0 unspecified atom stereocenters. The van der Waals surface area contributed by atoms with Crippen LogP contribution in [0.15, 0.2) is 0 Å². The molecule has 0 atom stereocenters. The van der Waals surface area contributed by atoms with Crippen LogP contribution in [0.2, 0.25) is 0 Å². The number of hydrogen-bond donors (Lipinski definition) is 3.